The third-order valence-electron chi connectivity index (χ3n) is 4.78. The summed E-state index contributed by atoms with van der Waals surface area (Å²) in [6, 6.07) is 14.6. The third kappa shape index (κ3) is 5.03. The summed E-state index contributed by atoms with van der Waals surface area (Å²) in [4.78, 5) is 0. The molecule has 0 saturated heterocycles. The molecule has 0 radical (unpaired) electrons. The van der Waals surface area contributed by atoms with Crippen molar-refractivity contribution in [1.29, 1.82) is 0 Å². The number of nitrogens with one attached hydrogen (secondary N) is 1. The van der Waals surface area contributed by atoms with Crippen molar-refractivity contribution in [2.24, 2.45) is 0 Å². The molecule has 0 aromatic heterocycles. The van der Waals surface area contributed by atoms with Crippen molar-refractivity contribution >= 4 is 0 Å². The Morgan fingerprint density at radius 2 is 2.00 bits per heavy atom. The first-order valence-corrected chi connectivity index (χ1v) is 9.01. The van der Waals surface area contributed by atoms with Gasteiger partial charge in [-0.3, -0.25) is 0 Å². The van der Waals surface area contributed by atoms with E-state index < -0.39 is 6.10 Å². The molecule has 1 fully saturated rings. The Balaban J connectivity index is 1.52. The van der Waals surface area contributed by atoms with Gasteiger partial charge in [0.25, 0.3) is 0 Å². The lowest BCUT2D eigenvalue weighted by molar-refractivity contribution is -0.0151. The predicted octanol–water partition coefficient (Wildman–Crippen LogP) is 3.63. The van der Waals surface area contributed by atoms with E-state index >= 15 is 0 Å². The lowest BCUT2D eigenvalue weighted by atomic mass is 9.89. The lowest BCUT2D eigenvalue weighted by Crippen LogP contribution is -2.51. The Kier molecular flexibility index (Phi) is 6.05. The number of halogens is 1. The number of hydrogen-bond acceptors (Lipinski definition) is 3. The highest BCUT2D eigenvalue weighted by Gasteiger charge is 2.32. The maximum Gasteiger partial charge on any atom is 0.126 e. The van der Waals surface area contributed by atoms with Gasteiger partial charge < -0.3 is 15.2 Å². The quantitative estimate of drug-likeness (QED) is 0.842. The first-order chi connectivity index (χ1) is 12.1. The average Bonchev–Trinajstić information content (AvgIpc) is 2.58. The zero-order valence-corrected chi connectivity index (χ0v) is 14.6. The third-order valence-corrected chi connectivity index (χ3v) is 4.78. The number of ether oxygens (including phenoxy) is 1. The summed E-state index contributed by atoms with van der Waals surface area (Å²) >= 11 is 0. The number of aliphatic hydroxyl groups is 1. The number of rotatable bonds is 6. The van der Waals surface area contributed by atoms with Crippen LogP contribution in [0.5, 0.6) is 5.75 Å². The van der Waals surface area contributed by atoms with Gasteiger partial charge in [0.1, 0.15) is 23.8 Å². The minimum atomic E-state index is -0.540. The summed E-state index contributed by atoms with van der Waals surface area (Å²) in [6.07, 6.45) is 2.81. The van der Waals surface area contributed by atoms with Crippen molar-refractivity contribution in [2.75, 3.05) is 6.54 Å². The first-order valence-electron chi connectivity index (χ1n) is 9.01. The normalized spacial score (nSPS) is 23.4. The molecule has 0 bridgehead atoms. The molecule has 3 nitrogen and oxygen atoms in total. The van der Waals surface area contributed by atoms with Crippen LogP contribution in [0.15, 0.2) is 48.5 Å². The molecule has 3 atom stereocenters. The highest BCUT2D eigenvalue weighted by atomic mass is 19.1. The molecule has 0 aliphatic heterocycles. The molecule has 0 spiro atoms. The molecule has 3 rings (SSSR count). The van der Waals surface area contributed by atoms with Crippen LogP contribution in [0.3, 0.4) is 0 Å². The van der Waals surface area contributed by atoms with Crippen LogP contribution in [0.1, 0.15) is 30.4 Å². The van der Waals surface area contributed by atoms with E-state index in [4.69, 9.17) is 4.74 Å². The topological polar surface area (TPSA) is 41.5 Å². The molecule has 1 aliphatic rings. The van der Waals surface area contributed by atoms with Crippen LogP contribution in [0.25, 0.3) is 0 Å². The molecule has 0 amide bonds. The molecule has 0 heterocycles. The summed E-state index contributed by atoms with van der Waals surface area (Å²) in [6.45, 7) is 2.74. The van der Waals surface area contributed by atoms with Gasteiger partial charge in [-0.25, -0.2) is 4.39 Å². The molecule has 1 aliphatic carbocycles. The minimum absolute atomic E-state index is 0.0112. The molecule has 2 N–H and O–H groups in total. The highest BCUT2D eigenvalue weighted by Crippen LogP contribution is 2.25. The number of aryl methyl sites for hydroxylation is 1. The van der Waals surface area contributed by atoms with Crippen LogP contribution >= 0.6 is 0 Å². The molecule has 4 heteroatoms. The summed E-state index contributed by atoms with van der Waals surface area (Å²) in [5, 5.41) is 14.1. The van der Waals surface area contributed by atoms with Crippen LogP contribution in [-0.4, -0.2) is 29.9 Å². The van der Waals surface area contributed by atoms with E-state index in [0.717, 1.165) is 42.6 Å². The Morgan fingerprint density at radius 1 is 1.16 bits per heavy atom. The second kappa shape index (κ2) is 8.45. The van der Waals surface area contributed by atoms with Crippen LogP contribution in [0, 0.1) is 12.7 Å². The van der Waals surface area contributed by atoms with E-state index in [1.807, 2.05) is 37.3 Å². The molecular weight excluding hydrogens is 317 g/mol. The van der Waals surface area contributed by atoms with Crippen molar-refractivity contribution < 1.29 is 14.2 Å². The maximum atomic E-state index is 13.2. The van der Waals surface area contributed by atoms with Crippen molar-refractivity contribution in [2.45, 2.75) is 50.9 Å². The number of benzene rings is 2. The Hall–Kier alpha value is -1.91. The van der Waals surface area contributed by atoms with Gasteiger partial charge in [0, 0.05) is 6.04 Å². The summed E-state index contributed by atoms with van der Waals surface area (Å²) < 4.78 is 19.2. The molecule has 2 aromatic rings. The minimum Gasteiger partial charge on any atom is -0.488 e. The number of hydrogen-bond donors (Lipinski definition) is 2. The second-order valence-electron chi connectivity index (χ2n) is 6.83. The molecule has 134 valence electrons. The molecule has 0 unspecified atom stereocenters. The van der Waals surface area contributed by atoms with Crippen molar-refractivity contribution in [1.82, 2.24) is 5.32 Å². The Labute approximate surface area is 148 Å². The monoisotopic (exact) mass is 343 g/mol. The smallest absolute Gasteiger partial charge is 0.126 e. The fourth-order valence-electron chi connectivity index (χ4n) is 3.45. The second-order valence-corrected chi connectivity index (χ2v) is 6.83. The summed E-state index contributed by atoms with van der Waals surface area (Å²) in [5.41, 5.74) is 2.11. The van der Waals surface area contributed by atoms with Gasteiger partial charge in [-0.05, 0) is 74.5 Å². The van der Waals surface area contributed by atoms with Gasteiger partial charge in [-0.2, -0.15) is 0 Å². The summed E-state index contributed by atoms with van der Waals surface area (Å²) in [7, 11) is 0. The van der Waals surface area contributed by atoms with Gasteiger partial charge in [-0.15, -0.1) is 0 Å². The van der Waals surface area contributed by atoms with Crippen molar-refractivity contribution in [3.8, 4) is 5.75 Å². The van der Waals surface area contributed by atoms with Gasteiger partial charge in [0.2, 0.25) is 0 Å². The van der Waals surface area contributed by atoms with E-state index in [1.54, 1.807) is 12.1 Å². The van der Waals surface area contributed by atoms with E-state index in [9.17, 15) is 9.50 Å². The van der Waals surface area contributed by atoms with E-state index in [-0.39, 0.29) is 18.0 Å². The number of aliphatic hydroxyl groups excluding tert-OH is 1. The zero-order valence-electron chi connectivity index (χ0n) is 14.6. The zero-order chi connectivity index (χ0) is 17.6. The van der Waals surface area contributed by atoms with Crippen LogP contribution in [0.2, 0.25) is 0 Å². The van der Waals surface area contributed by atoms with E-state index in [2.05, 4.69) is 5.32 Å². The fourth-order valence-corrected chi connectivity index (χ4v) is 3.45. The molecular formula is C21H26FNO2. The highest BCUT2D eigenvalue weighted by molar-refractivity contribution is 5.27. The molecule has 2 aromatic carbocycles. The Bertz CT molecular complexity index is 691. The van der Waals surface area contributed by atoms with E-state index in [0.29, 0.717) is 6.54 Å². The van der Waals surface area contributed by atoms with Gasteiger partial charge in [-0.1, -0.05) is 24.3 Å². The van der Waals surface area contributed by atoms with Crippen molar-refractivity contribution in [3.63, 3.8) is 0 Å². The largest absolute Gasteiger partial charge is 0.488 e. The SMILES string of the molecule is Cc1cccc(O[C@@H]2CCC[C@H](NCCc3cccc(F)c3)[C@H]2O)c1. The van der Waals surface area contributed by atoms with Gasteiger partial charge >= 0.3 is 0 Å². The lowest BCUT2D eigenvalue weighted by Gasteiger charge is -2.35. The van der Waals surface area contributed by atoms with Gasteiger partial charge in [0.05, 0.1) is 0 Å². The van der Waals surface area contributed by atoms with Gasteiger partial charge in [0.15, 0.2) is 0 Å². The standard InChI is InChI=1S/C21H26FNO2/c1-15-5-2-8-18(13-15)25-20-10-4-9-19(21(20)24)23-12-11-16-6-3-7-17(22)14-16/h2-3,5-8,13-14,19-21,23-24H,4,9-12H2,1H3/t19-,20+,21+/m0/s1. The molecule has 1 saturated carbocycles. The first kappa shape index (κ1) is 17.9. The van der Waals surface area contributed by atoms with Crippen LogP contribution in [-0.2, 0) is 6.42 Å². The van der Waals surface area contributed by atoms with Crippen LogP contribution in [0.4, 0.5) is 4.39 Å². The fraction of sp³-hybridized carbons (Fsp3) is 0.429. The molecule has 25 heavy (non-hydrogen) atoms. The predicted molar refractivity (Wildman–Crippen MR) is 97.3 cm³/mol. The Morgan fingerprint density at radius 3 is 2.80 bits per heavy atom. The van der Waals surface area contributed by atoms with Crippen molar-refractivity contribution in [3.05, 3.63) is 65.5 Å². The van der Waals surface area contributed by atoms with E-state index in [1.165, 1.54) is 6.07 Å². The van der Waals surface area contributed by atoms with Crippen LogP contribution < -0.4 is 10.1 Å². The average molecular weight is 343 g/mol. The summed E-state index contributed by atoms with van der Waals surface area (Å²) in [5.74, 6) is 0.603. The maximum absolute atomic E-state index is 13.2.